The standard InChI is InChI=1S/C19H16FNO2/c20-13-4-1-3-11(9-13)18-15-6-2-5-14(15)16-10-12(19(22)23)7-8-17(16)21-18/h1-5,7-10,14-15,18,21H,6H2,(H,22,23)/t14-,15+,18+/m1/s1. The second-order valence-electron chi connectivity index (χ2n) is 6.14. The molecule has 2 aliphatic rings. The van der Waals surface area contributed by atoms with Crippen molar-refractivity contribution < 1.29 is 14.3 Å². The fraction of sp³-hybridized carbons (Fsp3) is 0.211. The number of anilines is 1. The lowest BCUT2D eigenvalue weighted by atomic mass is 9.76. The van der Waals surface area contributed by atoms with E-state index in [1.807, 2.05) is 12.1 Å². The van der Waals surface area contributed by atoms with Crippen LogP contribution in [0.4, 0.5) is 10.1 Å². The molecular weight excluding hydrogens is 293 g/mol. The van der Waals surface area contributed by atoms with E-state index in [1.54, 1.807) is 24.3 Å². The van der Waals surface area contributed by atoms with Crippen LogP contribution in [-0.2, 0) is 0 Å². The van der Waals surface area contributed by atoms with Crippen molar-refractivity contribution >= 4 is 11.7 Å². The zero-order valence-electron chi connectivity index (χ0n) is 12.4. The molecule has 23 heavy (non-hydrogen) atoms. The van der Waals surface area contributed by atoms with Crippen LogP contribution in [0.1, 0.15) is 39.9 Å². The van der Waals surface area contributed by atoms with E-state index in [-0.39, 0.29) is 23.7 Å². The van der Waals surface area contributed by atoms with Crippen LogP contribution >= 0.6 is 0 Å². The highest BCUT2D eigenvalue weighted by molar-refractivity contribution is 5.89. The Hall–Kier alpha value is -2.62. The van der Waals surface area contributed by atoms with Crippen molar-refractivity contribution in [2.24, 2.45) is 5.92 Å². The summed E-state index contributed by atoms with van der Waals surface area (Å²) in [6, 6.07) is 11.9. The number of carboxylic acid groups (broad SMARTS) is 1. The van der Waals surface area contributed by atoms with E-state index in [4.69, 9.17) is 0 Å². The van der Waals surface area contributed by atoms with Gasteiger partial charge in [-0.25, -0.2) is 9.18 Å². The first-order chi connectivity index (χ1) is 11.1. The number of benzene rings is 2. The predicted molar refractivity (Wildman–Crippen MR) is 86.2 cm³/mol. The van der Waals surface area contributed by atoms with Crippen LogP contribution < -0.4 is 5.32 Å². The molecule has 0 saturated carbocycles. The number of aromatic carboxylic acids is 1. The molecule has 2 aromatic rings. The number of allylic oxidation sites excluding steroid dienone is 2. The van der Waals surface area contributed by atoms with Gasteiger partial charge in [-0.1, -0.05) is 24.3 Å². The summed E-state index contributed by atoms with van der Waals surface area (Å²) in [5, 5.41) is 12.7. The number of hydrogen-bond donors (Lipinski definition) is 2. The molecule has 2 aromatic carbocycles. The SMILES string of the molecule is O=C(O)c1ccc2c(c1)[C@@H]1C=CC[C@@H]1[C@H](c1cccc(F)c1)N2. The highest BCUT2D eigenvalue weighted by Gasteiger charge is 2.38. The van der Waals surface area contributed by atoms with Gasteiger partial charge in [0.1, 0.15) is 5.82 Å². The maximum Gasteiger partial charge on any atom is 0.335 e. The third-order valence-electron chi connectivity index (χ3n) is 4.82. The molecule has 0 bridgehead atoms. The summed E-state index contributed by atoms with van der Waals surface area (Å²) in [7, 11) is 0. The van der Waals surface area contributed by atoms with Crippen LogP contribution in [0.5, 0.6) is 0 Å². The van der Waals surface area contributed by atoms with Crippen LogP contribution in [0.3, 0.4) is 0 Å². The van der Waals surface area contributed by atoms with Gasteiger partial charge in [-0.05, 0) is 53.8 Å². The number of carbonyl (C=O) groups is 1. The Morgan fingerprint density at radius 3 is 2.87 bits per heavy atom. The molecule has 0 fully saturated rings. The lowest BCUT2D eigenvalue weighted by Crippen LogP contribution is -2.29. The van der Waals surface area contributed by atoms with Crippen LogP contribution in [0.25, 0.3) is 0 Å². The van der Waals surface area contributed by atoms with Gasteiger partial charge in [-0.15, -0.1) is 0 Å². The van der Waals surface area contributed by atoms with Gasteiger partial charge in [-0.2, -0.15) is 0 Å². The Kier molecular flexibility index (Phi) is 3.18. The second kappa shape index (κ2) is 5.23. The van der Waals surface area contributed by atoms with E-state index in [0.29, 0.717) is 5.56 Å². The highest BCUT2D eigenvalue weighted by atomic mass is 19.1. The normalized spacial score (nSPS) is 24.7. The molecule has 3 nitrogen and oxygen atoms in total. The molecule has 0 aromatic heterocycles. The quantitative estimate of drug-likeness (QED) is 0.811. The second-order valence-corrected chi connectivity index (χ2v) is 6.14. The Morgan fingerprint density at radius 2 is 2.09 bits per heavy atom. The van der Waals surface area contributed by atoms with E-state index >= 15 is 0 Å². The fourth-order valence-electron chi connectivity index (χ4n) is 3.76. The summed E-state index contributed by atoms with van der Waals surface area (Å²) in [6.07, 6.45) is 5.17. The van der Waals surface area contributed by atoms with Gasteiger partial charge >= 0.3 is 5.97 Å². The Balaban J connectivity index is 1.79. The number of halogens is 1. The molecule has 0 amide bonds. The molecular formula is C19H16FNO2. The van der Waals surface area contributed by atoms with Crippen molar-refractivity contribution in [3.05, 3.63) is 77.1 Å². The summed E-state index contributed by atoms with van der Waals surface area (Å²) < 4.78 is 13.6. The largest absolute Gasteiger partial charge is 0.478 e. The molecule has 0 saturated heterocycles. The maximum atomic E-state index is 13.6. The molecule has 2 N–H and O–H groups in total. The van der Waals surface area contributed by atoms with Crippen molar-refractivity contribution in [2.75, 3.05) is 5.32 Å². The monoisotopic (exact) mass is 309 g/mol. The zero-order valence-corrected chi connectivity index (χ0v) is 12.4. The van der Waals surface area contributed by atoms with E-state index in [2.05, 4.69) is 17.5 Å². The molecule has 3 atom stereocenters. The summed E-state index contributed by atoms with van der Waals surface area (Å²) in [4.78, 5) is 11.2. The average Bonchev–Trinajstić information content (AvgIpc) is 3.03. The Labute approximate surface area is 133 Å². The van der Waals surface area contributed by atoms with Gasteiger partial charge in [-0.3, -0.25) is 0 Å². The predicted octanol–water partition coefficient (Wildman–Crippen LogP) is 4.35. The van der Waals surface area contributed by atoms with Gasteiger partial charge in [0, 0.05) is 11.6 Å². The van der Waals surface area contributed by atoms with E-state index in [1.165, 1.54) is 6.07 Å². The van der Waals surface area contributed by atoms with E-state index < -0.39 is 5.97 Å². The summed E-state index contributed by atoms with van der Waals surface area (Å²) in [6.45, 7) is 0. The van der Waals surface area contributed by atoms with Crippen molar-refractivity contribution in [3.63, 3.8) is 0 Å². The Morgan fingerprint density at radius 1 is 1.22 bits per heavy atom. The van der Waals surface area contributed by atoms with Gasteiger partial charge in [0.2, 0.25) is 0 Å². The number of nitrogens with one attached hydrogen (secondary N) is 1. The highest BCUT2D eigenvalue weighted by Crippen LogP contribution is 2.49. The summed E-state index contributed by atoms with van der Waals surface area (Å²) in [5.74, 6) is -0.718. The molecule has 1 heterocycles. The first-order valence-electron chi connectivity index (χ1n) is 7.69. The molecule has 0 unspecified atom stereocenters. The van der Waals surface area contributed by atoms with Gasteiger partial charge in [0.15, 0.2) is 0 Å². The zero-order chi connectivity index (χ0) is 16.0. The minimum absolute atomic E-state index is 0.0221. The van der Waals surface area contributed by atoms with Gasteiger partial charge in [0.25, 0.3) is 0 Å². The van der Waals surface area contributed by atoms with E-state index in [9.17, 15) is 14.3 Å². The smallest absolute Gasteiger partial charge is 0.335 e. The molecule has 1 aliphatic carbocycles. The van der Waals surface area contributed by atoms with Crippen LogP contribution in [0.15, 0.2) is 54.6 Å². The minimum Gasteiger partial charge on any atom is -0.478 e. The molecule has 0 radical (unpaired) electrons. The fourth-order valence-corrected chi connectivity index (χ4v) is 3.76. The molecule has 4 heteroatoms. The van der Waals surface area contributed by atoms with Crippen LogP contribution in [-0.4, -0.2) is 11.1 Å². The van der Waals surface area contributed by atoms with Crippen LogP contribution in [0.2, 0.25) is 0 Å². The van der Waals surface area contributed by atoms with E-state index in [0.717, 1.165) is 23.2 Å². The third-order valence-corrected chi connectivity index (χ3v) is 4.82. The maximum absolute atomic E-state index is 13.6. The number of carboxylic acids is 1. The topological polar surface area (TPSA) is 49.3 Å². The molecule has 1 aliphatic heterocycles. The first-order valence-corrected chi connectivity index (χ1v) is 7.69. The molecule has 116 valence electrons. The first kappa shape index (κ1) is 14.0. The van der Waals surface area contributed by atoms with Crippen LogP contribution in [0, 0.1) is 11.7 Å². The van der Waals surface area contributed by atoms with Gasteiger partial charge in [0.05, 0.1) is 11.6 Å². The number of rotatable bonds is 2. The molecule has 4 rings (SSSR count). The summed E-state index contributed by atoms with van der Waals surface area (Å²) in [5.41, 5.74) is 3.17. The third kappa shape index (κ3) is 2.31. The van der Waals surface area contributed by atoms with Crippen molar-refractivity contribution in [2.45, 2.75) is 18.4 Å². The van der Waals surface area contributed by atoms with Crippen molar-refractivity contribution in [1.29, 1.82) is 0 Å². The average molecular weight is 309 g/mol. The van der Waals surface area contributed by atoms with Gasteiger partial charge < -0.3 is 10.4 Å². The number of hydrogen-bond acceptors (Lipinski definition) is 2. The summed E-state index contributed by atoms with van der Waals surface area (Å²) >= 11 is 0. The van der Waals surface area contributed by atoms with Crippen molar-refractivity contribution in [1.82, 2.24) is 0 Å². The van der Waals surface area contributed by atoms with Crippen molar-refractivity contribution in [3.8, 4) is 0 Å². The Bertz CT molecular complexity index is 815. The lowest BCUT2D eigenvalue weighted by Gasteiger charge is -2.37. The molecule has 0 spiro atoms. The minimum atomic E-state index is -0.918. The lowest BCUT2D eigenvalue weighted by molar-refractivity contribution is 0.0696. The number of fused-ring (bicyclic) bond motifs is 3.